The fraction of sp³-hybridized carbons (Fsp3) is 0.550. The number of amides is 1. The molecule has 6 heteroatoms. The van der Waals surface area contributed by atoms with Gasteiger partial charge in [-0.3, -0.25) is 9.69 Å². The van der Waals surface area contributed by atoms with Crippen LogP contribution < -0.4 is 0 Å². The van der Waals surface area contributed by atoms with E-state index in [9.17, 15) is 9.18 Å². The number of thiophene rings is 1. The van der Waals surface area contributed by atoms with Crippen molar-refractivity contribution < 1.29 is 9.18 Å². The first-order valence-corrected chi connectivity index (χ1v) is 10.3. The van der Waals surface area contributed by atoms with Crippen molar-refractivity contribution in [3.05, 3.63) is 34.5 Å². The van der Waals surface area contributed by atoms with Crippen LogP contribution in [0, 0.1) is 12.7 Å². The Balaban J connectivity index is 1.47. The molecule has 2 aromatic rings. The summed E-state index contributed by atoms with van der Waals surface area (Å²) in [5.41, 5.74) is 0.785. The lowest BCUT2D eigenvalue weighted by Gasteiger charge is -2.37. The minimum atomic E-state index is -0.233. The predicted octanol–water partition coefficient (Wildman–Crippen LogP) is 3.20. The Labute approximate surface area is 158 Å². The summed E-state index contributed by atoms with van der Waals surface area (Å²) in [4.78, 5) is 20.7. The van der Waals surface area contributed by atoms with Crippen LogP contribution in [0.1, 0.15) is 28.6 Å². The smallest absolute Gasteiger partial charge is 0.264 e. The van der Waals surface area contributed by atoms with E-state index in [4.69, 9.17) is 0 Å². The summed E-state index contributed by atoms with van der Waals surface area (Å²) in [5.74, 6) is -0.166. The van der Waals surface area contributed by atoms with Crippen LogP contribution in [0.15, 0.2) is 18.2 Å². The second-order valence-electron chi connectivity index (χ2n) is 7.33. The number of hydrogen-bond donors (Lipinski definition) is 0. The number of likely N-dealkylation sites (tertiary alicyclic amines) is 1. The van der Waals surface area contributed by atoms with Crippen LogP contribution in [0.2, 0.25) is 0 Å². The van der Waals surface area contributed by atoms with Gasteiger partial charge in [-0.15, -0.1) is 11.3 Å². The number of benzene rings is 1. The van der Waals surface area contributed by atoms with Gasteiger partial charge in [0, 0.05) is 55.4 Å². The molecule has 0 saturated carbocycles. The van der Waals surface area contributed by atoms with Crippen molar-refractivity contribution in [2.75, 3.05) is 45.8 Å². The van der Waals surface area contributed by atoms with E-state index in [2.05, 4.69) is 16.7 Å². The van der Waals surface area contributed by atoms with Crippen molar-refractivity contribution in [3.8, 4) is 0 Å². The Bertz CT molecular complexity index is 813. The molecule has 0 radical (unpaired) electrons. The predicted molar refractivity (Wildman–Crippen MR) is 105 cm³/mol. The molecule has 0 spiro atoms. The van der Waals surface area contributed by atoms with Crippen LogP contribution in [0.3, 0.4) is 0 Å². The zero-order valence-corrected chi connectivity index (χ0v) is 16.3. The molecule has 1 atom stereocenters. The maximum Gasteiger partial charge on any atom is 0.264 e. The first-order valence-electron chi connectivity index (χ1n) is 9.51. The molecule has 2 fully saturated rings. The molecule has 2 saturated heterocycles. The number of rotatable bonds is 3. The third-order valence-corrected chi connectivity index (χ3v) is 7.16. The van der Waals surface area contributed by atoms with Gasteiger partial charge in [-0.05, 0) is 37.6 Å². The number of carbonyl (C=O) groups is 1. The normalized spacial score (nSPS) is 22.4. The van der Waals surface area contributed by atoms with E-state index < -0.39 is 0 Å². The number of piperazine rings is 1. The monoisotopic (exact) mass is 375 g/mol. The summed E-state index contributed by atoms with van der Waals surface area (Å²) in [6, 6.07) is 5.54. The topological polar surface area (TPSA) is 26.8 Å². The highest BCUT2D eigenvalue weighted by atomic mass is 32.1. The Morgan fingerprint density at radius 1 is 1.23 bits per heavy atom. The highest BCUT2D eigenvalue weighted by molar-refractivity contribution is 7.21. The van der Waals surface area contributed by atoms with Gasteiger partial charge >= 0.3 is 0 Å². The Morgan fingerprint density at radius 3 is 2.69 bits per heavy atom. The van der Waals surface area contributed by atoms with Gasteiger partial charge in [0.05, 0.1) is 4.88 Å². The van der Waals surface area contributed by atoms with E-state index in [1.54, 1.807) is 6.07 Å². The molecule has 2 aliphatic heterocycles. The van der Waals surface area contributed by atoms with E-state index in [1.165, 1.54) is 17.4 Å². The molecular weight excluding hydrogens is 349 g/mol. The van der Waals surface area contributed by atoms with Crippen molar-refractivity contribution in [1.29, 1.82) is 0 Å². The van der Waals surface area contributed by atoms with Gasteiger partial charge in [0.15, 0.2) is 0 Å². The van der Waals surface area contributed by atoms with Gasteiger partial charge in [-0.25, -0.2) is 4.39 Å². The van der Waals surface area contributed by atoms with E-state index in [0.717, 1.165) is 62.5 Å². The van der Waals surface area contributed by atoms with Gasteiger partial charge in [0.1, 0.15) is 5.82 Å². The molecular formula is C20H26FN3OS. The molecule has 2 aliphatic rings. The van der Waals surface area contributed by atoms with Crippen LogP contribution in [0.4, 0.5) is 4.39 Å². The molecule has 1 aromatic carbocycles. The SMILES string of the molecule is CCN1CCN(C2CCN(C(=O)c3sc4cccc(F)c4c3C)C2)CC1. The van der Waals surface area contributed by atoms with Gasteiger partial charge in [-0.1, -0.05) is 13.0 Å². The standard InChI is InChI=1S/C20H26FN3OS/c1-3-22-9-11-23(12-10-22)15-7-8-24(13-15)20(25)19-14(2)18-16(21)5-4-6-17(18)26-19/h4-6,15H,3,7-13H2,1-2H3. The summed E-state index contributed by atoms with van der Waals surface area (Å²) in [7, 11) is 0. The molecule has 4 nitrogen and oxygen atoms in total. The zero-order chi connectivity index (χ0) is 18.3. The molecule has 4 rings (SSSR count). The molecule has 0 N–H and O–H groups in total. The van der Waals surface area contributed by atoms with Crippen molar-refractivity contribution in [1.82, 2.24) is 14.7 Å². The van der Waals surface area contributed by atoms with Gasteiger partial charge < -0.3 is 9.80 Å². The maximum atomic E-state index is 14.1. The maximum absolute atomic E-state index is 14.1. The first-order chi connectivity index (χ1) is 12.6. The Kier molecular flexibility index (Phi) is 4.99. The lowest BCUT2D eigenvalue weighted by molar-refractivity contribution is 0.0749. The number of nitrogens with zero attached hydrogens (tertiary/aromatic N) is 3. The molecule has 140 valence electrons. The fourth-order valence-corrected chi connectivity index (χ4v) is 5.46. The second kappa shape index (κ2) is 7.25. The largest absolute Gasteiger partial charge is 0.336 e. The number of halogens is 1. The third-order valence-electron chi connectivity index (χ3n) is 5.92. The Morgan fingerprint density at radius 2 is 2.00 bits per heavy atom. The van der Waals surface area contributed by atoms with Gasteiger partial charge in [0.2, 0.25) is 0 Å². The number of likely N-dealkylation sites (N-methyl/N-ethyl adjacent to an activating group) is 1. The van der Waals surface area contributed by atoms with Gasteiger partial charge in [-0.2, -0.15) is 0 Å². The van der Waals surface area contributed by atoms with Crippen LogP contribution in [-0.2, 0) is 0 Å². The van der Waals surface area contributed by atoms with Crippen molar-refractivity contribution in [2.24, 2.45) is 0 Å². The van der Waals surface area contributed by atoms with Crippen LogP contribution >= 0.6 is 11.3 Å². The first kappa shape index (κ1) is 17.9. The minimum Gasteiger partial charge on any atom is -0.336 e. The summed E-state index contributed by atoms with van der Waals surface area (Å²) in [6.07, 6.45) is 1.04. The summed E-state index contributed by atoms with van der Waals surface area (Å²) >= 11 is 1.42. The molecule has 0 aliphatic carbocycles. The van der Waals surface area contributed by atoms with E-state index in [0.29, 0.717) is 16.3 Å². The molecule has 26 heavy (non-hydrogen) atoms. The zero-order valence-electron chi connectivity index (χ0n) is 15.5. The molecule has 0 bridgehead atoms. The summed E-state index contributed by atoms with van der Waals surface area (Å²) in [5, 5.41) is 0.604. The number of hydrogen-bond acceptors (Lipinski definition) is 4. The average molecular weight is 376 g/mol. The summed E-state index contributed by atoms with van der Waals surface area (Å²) < 4.78 is 15.0. The third kappa shape index (κ3) is 3.15. The van der Waals surface area contributed by atoms with Crippen LogP contribution in [0.5, 0.6) is 0 Å². The van der Waals surface area contributed by atoms with E-state index >= 15 is 0 Å². The second-order valence-corrected chi connectivity index (χ2v) is 8.39. The minimum absolute atomic E-state index is 0.0674. The number of carbonyl (C=O) groups excluding carboxylic acids is 1. The summed E-state index contributed by atoms with van der Waals surface area (Å²) in [6.45, 7) is 11.2. The van der Waals surface area contributed by atoms with Crippen molar-refractivity contribution >= 4 is 27.3 Å². The molecule has 1 amide bonds. The average Bonchev–Trinajstić information content (AvgIpc) is 3.27. The van der Waals surface area contributed by atoms with E-state index in [-0.39, 0.29) is 11.7 Å². The van der Waals surface area contributed by atoms with Crippen LogP contribution in [-0.4, -0.2) is 72.5 Å². The van der Waals surface area contributed by atoms with E-state index in [1.807, 2.05) is 17.9 Å². The fourth-order valence-electron chi connectivity index (χ4n) is 4.27. The lowest BCUT2D eigenvalue weighted by atomic mass is 10.1. The molecule has 3 heterocycles. The molecule has 1 unspecified atom stereocenters. The van der Waals surface area contributed by atoms with Crippen molar-refractivity contribution in [2.45, 2.75) is 26.3 Å². The quantitative estimate of drug-likeness (QED) is 0.824. The highest BCUT2D eigenvalue weighted by Gasteiger charge is 2.33. The molecule has 1 aromatic heterocycles. The van der Waals surface area contributed by atoms with Crippen LogP contribution in [0.25, 0.3) is 10.1 Å². The van der Waals surface area contributed by atoms with Gasteiger partial charge in [0.25, 0.3) is 5.91 Å². The Hall–Kier alpha value is -1.50. The number of fused-ring (bicyclic) bond motifs is 1. The number of aryl methyl sites for hydroxylation is 1. The van der Waals surface area contributed by atoms with Crippen molar-refractivity contribution in [3.63, 3.8) is 0 Å². The lowest BCUT2D eigenvalue weighted by Crippen LogP contribution is -2.51. The highest BCUT2D eigenvalue weighted by Crippen LogP contribution is 2.34.